The van der Waals surface area contributed by atoms with Crippen LogP contribution in [-0.4, -0.2) is 43.9 Å². The fourth-order valence-electron chi connectivity index (χ4n) is 6.36. The van der Waals surface area contributed by atoms with Gasteiger partial charge in [0.2, 0.25) is 0 Å². The molecule has 9 nitrogen and oxygen atoms in total. The zero-order valence-corrected chi connectivity index (χ0v) is 35.6. The van der Waals surface area contributed by atoms with Crippen LogP contribution in [0.5, 0.6) is 0 Å². The maximum absolute atomic E-state index is 12.7. The van der Waals surface area contributed by atoms with Gasteiger partial charge >= 0.3 is 18.0 Å². The topological polar surface area (TPSA) is 109 Å². The van der Waals surface area contributed by atoms with E-state index in [9.17, 15) is 14.4 Å². The van der Waals surface area contributed by atoms with E-state index in [0.29, 0.717) is 26.0 Å². The van der Waals surface area contributed by atoms with E-state index in [1.165, 1.54) is 77.0 Å². The van der Waals surface area contributed by atoms with Crippen molar-refractivity contribution in [3.8, 4) is 0 Å². The molecule has 1 amide bonds. The molecule has 2 aromatic rings. The molecule has 0 radical (unpaired) electrons. The molecule has 2 rings (SSSR count). The molecular formula is C46H74NO8P. The zero-order chi connectivity index (χ0) is 40.0. The number of carbonyl (C=O) groups excluding carboxylic acids is 3. The van der Waals surface area contributed by atoms with Crippen molar-refractivity contribution >= 4 is 27.1 Å². The number of esters is 2. The van der Waals surface area contributed by atoms with Crippen molar-refractivity contribution in [1.29, 1.82) is 0 Å². The second kappa shape index (κ2) is 36.3. The number of nitrogens with one attached hydrogen (secondary N) is 1. The molecule has 2 aromatic carbocycles. The molecule has 0 saturated heterocycles. The highest BCUT2D eigenvalue weighted by Gasteiger charge is 2.18. The standard InChI is InChI=1S/C46H74NO8P/c1-2-3-4-5-6-7-8-9-10-12-16-19-28-35-45(49)55-43(40-54-56-53-38-42-32-25-22-26-33-42)39-51-44(48)34-27-18-15-13-11-14-17-20-29-36-47-46(50)52-37-41-30-23-21-24-31-41/h21-26,30-33,43,56H,2-20,27-29,34-40H2,1H3,(H,47,50)/t43-/m1/s1. The highest BCUT2D eigenvalue weighted by atomic mass is 31.1. The molecule has 56 heavy (non-hydrogen) atoms. The lowest BCUT2D eigenvalue weighted by Crippen LogP contribution is -2.29. The van der Waals surface area contributed by atoms with Crippen LogP contribution >= 0.6 is 9.03 Å². The van der Waals surface area contributed by atoms with Crippen LogP contribution in [0.1, 0.15) is 172 Å². The van der Waals surface area contributed by atoms with Crippen LogP contribution < -0.4 is 5.32 Å². The van der Waals surface area contributed by atoms with E-state index in [2.05, 4.69) is 12.2 Å². The molecule has 0 heterocycles. The molecular weight excluding hydrogens is 725 g/mol. The number of unbranched alkanes of at least 4 members (excludes halogenated alkanes) is 20. The number of carbonyl (C=O) groups is 3. The third kappa shape index (κ3) is 30.2. The number of amides is 1. The Morgan fingerprint density at radius 3 is 1.52 bits per heavy atom. The predicted octanol–water partition coefficient (Wildman–Crippen LogP) is 12.5. The van der Waals surface area contributed by atoms with Crippen LogP contribution in [0.2, 0.25) is 0 Å². The quantitative estimate of drug-likeness (QED) is 0.0311. The van der Waals surface area contributed by atoms with E-state index in [4.69, 9.17) is 23.3 Å². The van der Waals surface area contributed by atoms with Gasteiger partial charge in [0.15, 0.2) is 15.1 Å². The molecule has 10 heteroatoms. The number of alkyl carbamates (subject to hydrolysis) is 1. The van der Waals surface area contributed by atoms with E-state index in [1.54, 1.807) is 0 Å². The summed E-state index contributed by atoms with van der Waals surface area (Å²) in [6.45, 7) is 3.70. The van der Waals surface area contributed by atoms with Crippen molar-refractivity contribution in [2.24, 2.45) is 0 Å². The van der Waals surface area contributed by atoms with Gasteiger partial charge < -0.3 is 28.6 Å². The van der Waals surface area contributed by atoms with E-state index in [1.807, 2.05) is 60.7 Å². The van der Waals surface area contributed by atoms with E-state index >= 15 is 0 Å². The number of benzene rings is 2. The first-order valence-electron chi connectivity index (χ1n) is 21.9. The third-order valence-electron chi connectivity index (χ3n) is 9.72. The second-order valence-electron chi connectivity index (χ2n) is 14.9. The fourth-order valence-corrected chi connectivity index (χ4v) is 6.92. The Morgan fingerprint density at radius 2 is 0.982 bits per heavy atom. The van der Waals surface area contributed by atoms with Gasteiger partial charge in [0, 0.05) is 19.4 Å². The smallest absolute Gasteiger partial charge is 0.407 e. The summed E-state index contributed by atoms with van der Waals surface area (Å²) < 4.78 is 27.8. The molecule has 1 N–H and O–H groups in total. The maximum atomic E-state index is 12.7. The van der Waals surface area contributed by atoms with Gasteiger partial charge in [0.25, 0.3) is 0 Å². The van der Waals surface area contributed by atoms with Crippen LogP contribution in [0.15, 0.2) is 60.7 Å². The van der Waals surface area contributed by atoms with Gasteiger partial charge in [-0.15, -0.1) is 0 Å². The minimum atomic E-state index is -0.662. The van der Waals surface area contributed by atoms with E-state index in [0.717, 1.165) is 75.3 Å². The van der Waals surface area contributed by atoms with Gasteiger partial charge in [-0.25, -0.2) is 4.79 Å². The average molecular weight is 800 g/mol. The normalized spacial score (nSPS) is 11.8. The second-order valence-corrected chi connectivity index (χ2v) is 15.6. The summed E-state index contributed by atoms with van der Waals surface area (Å²) in [4.78, 5) is 37.0. The monoisotopic (exact) mass is 800 g/mol. The molecule has 0 saturated carbocycles. The minimum absolute atomic E-state index is 0.0171. The Kier molecular flexibility index (Phi) is 31.9. The highest BCUT2D eigenvalue weighted by molar-refractivity contribution is 7.26. The maximum Gasteiger partial charge on any atom is 0.407 e. The molecule has 0 spiro atoms. The molecule has 1 unspecified atom stereocenters. The van der Waals surface area contributed by atoms with Crippen molar-refractivity contribution in [2.75, 3.05) is 19.8 Å². The summed E-state index contributed by atoms with van der Waals surface area (Å²) in [5, 5.41) is 2.82. The first-order chi connectivity index (χ1) is 27.6. The van der Waals surface area contributed by atoms with Crippen molar-refractivity contribution in [2.45, 2.75) is 180 Å². The van der Waals surface area contributed by atoms with Gasteiger partial charge in [-0.05, 0) is 30.4 Å². The molecule has 0 bridgehead atoms. The van der Waals surface area contributed by atoms with Crippen LogP contribution in [0, 0.1) is 0 Å². The van der Waals surface area contributed by atoms with Crippen molar-refractivity contribution in [1.82, 2.24) is 5.32 Å². The molecule has 0 fully saturated rings. The Hall–Kier alpha value is -3.00. The predicted molar refractivity (Wildman–Crippen MR) is 227 cm³/mol. The molecule has 0 aliphatic carbocycles. The van der Waals surface area contributed by atoms with Crippen molar-refractivity contribution < 1.29 is 37.6 Å². The zero-order valence-electron chi connectivity index (χ0n) is 34.6. The first kappa shape index (κ1) is 49.1. The molecule has 0 aliphatic rings. The van der Waals surface area contributed by atoms with E-state index in [-0.39, 0.29) is 46.9 Å². The van der Waals surface area contributed by atoms with E-state index < -0.39 is 6.10 Å². The largest absolute Gasteiger partial charge is 0.462 e. The van der Waals surface area contributed by atoms with Crippen molar-refractivity contribution in [3.63, 3.8) is 0 Å². The lowest BCUT2D eigenvalue weighted by Gasteiger charge is -2.18. The summed E-state index contributed by atoms with van der Waals surface area (Å²) in [7, 11) is -0.212. The number of hydrogen-bond donors (Lipinski definition) is 1. The molecule has 0 aliphatic heterocycles. The molecule has 2 atom stereocenters. The van der Waals surface area contributed by atoms with Crippen LogP contribution in [0.3, 0.4) is 0 Å². The Bertz CT molecular complexity index is 1220. The summed E-state index contributed by atoms with van der Waals surface area (Å²) >= 11 is 0. The summed E-state index contributed by atoms with van der Waals surface area (Å²) in [5.74, 6) is -0.551. The lowest BCUT2D eigenvalue weighted by molar-refractivity contribution is -0.161. The van der Waals surface area contributed by atoms with Crippen LogP contribution in [0.25, 0.3) is 0 Å². The number of rotatable bonds is 37. The Morgan fingerprint density at radius 1 is 0.518 bits per heavy atom. The van der Waals surface area contributed by atoms with Gasteiger partial charge in [-0.3, -0.25) is 9.59 Å². The van der Waals surface area contributed by atoms with Gasteiger partial charge in [-0.1, -0.05) is 190 Å². The molecule has 0 aromatic heterocycles. The van der Waals surface area contributed by atoms with Gasteiger partial charge in [0.1, 0.15) is 13.2 Å². The van der Waals surface area contributed by atoms with Gasteiger partial charge in [0.05, 0.1) is 13.2 Å². The summed E-state index contributed by atoms with van der Waals surface area (Å²) in [5.41, 5.74) is 2.03. The SMILES string of the molecule is CCCCCCCCCCCCCCCC(=O)O[C@@H](COPOCc1ccccc1)COC(=O)CCCCCCCCCCCNC(=O)OCc1ccccc1. The first-order valence-corrected chi connectivity index (χ1v) is 22.7. The fraction of sp³-hybridized carbons (Fsp3) is 0.674. The van der Waals surface area contributed by atoms with Gasteiger partial charge in [-0.2, -0.15) is 0 Å². The summed E-state index contributed by atoms with van der Waals surface area (Å²) in [6.07, 6.45) is 25.4. The lowest BCUT2D eigenvalue weighted by atomic mass is 10.0. The summed E-state index contributed by atoms with van der Waals surface area (Å²) in [6, 6.07) is 19.5. The molecule has 316 valence electrons. The Balaban J connectivity index is 1.50. The Labute approximate surface area is 341 Å². The van der Waals surface area contributed by atoms with Crippen molar-refractivity contribution in [3.05, 3.63) is 71.8 Å². The third-order valence-corrected chi connectivity index (χ3v) is 10.3. The average Bonchev–Trinajstić information content (AvgIpc) is 3.21. The minimum Gasteiger partial charge on any atom is -0.462 e. The van der Waals surface area contributed by atoms with Crippen LogP contribution in [-0.2, 0) is 46.1 Å². The highest BCUT2D eigenvalue weighted by Crippen LogP contribution is 2.19. The number of ether oxygens (including phenoxy) is 3. The van der Waals surface area contributed by atoms with Crippen LogP contribution in [0.4, 0.5) is 4.79 Å². The number of hydrogen-bond acceptors (Lipinski definition) is 8.